The maximum Gasteiger partial charge on any atom is 0.261 e. The zero-order valence-corrected chi connectivity index (χ0v) is 9.76. The fraction of sp³-hybridized carbons (Fsp3) is 0.364. The molecule has 1 amide bonds. The first-order valence-electron chi connectivity index (χ1n) is 5.30. The molecular formula is C11H12F4N2O2. The van der Waals surface area contributed by atoms with Gasteiger partial charge in [0.15, 0.2) is 0 Å². The van der Waals surface area contributed by atoms with Gasteiger partial charge in [0.05, 0.1) is 6.61 Å². The summed E-state index contributed by atoms with van der Waals surface area (Å²) in [5, 5.41) is 2.26. The lowest BCUT2D eigenvalue weighted by atomic mass is 10.1. The molecule has 0 aliphatic heterocycles. The molecule has 0 unspecified atom stereocenters. The van der Waals surface area contributed by atoms with Crippen LogP contribution in [-0.2, 0) is 4.74 Å². The molecule has 0 atom stereocenters. The molecule has 19 heavy (non-hydrogen) atoms. The molecule has 3 N–H and O–H groups in total. The zero-order chi connectivity index (χ0) is 14.4. The molecule has 1 rings (SSSR count). The molecule has 1 aromatic rings. The molecule has 0 saturated heterocycles. The third-order valence-electron chi connectivity index (χ3n) is 2.12. The predicted octanol–water partition coefficient (Wildman–Crippen LogP) is 1.56. The Labute approximate surface area is 106 Å². The van der Waals surface area contributed by atoms with Gasteiger partial charge in [-0.15, -0.1) is 0 Å². The van der Waals surface area contributed by atoms with E-state index in [9.17, 15) is 22.4 Å². The van der Waals surface area contributed by atoms with Gasteiger partial charge in [-0.25, -0.2) is 17.6 Å². The lowest BCUT2D eigenvalue weighted by Crippen LogP contribution is -2.28. The van der Waals surface area contributed by atoms with E-state index in [-0.39, 0.29) is 18.7 Å². The monoisotopic (exact) mass is 280 g/mol. The van der Waals surface area contributed by atoms with E-state index in [2.05, 4.69) is 10.1 Å². The first-order chi connectivity index (χ1) is 8.91. The van der Waals surface area contributed by atoms with Crippen LogP contribution in [0.25, 0.3) is 0 Å². The Hall–Kier alpha value is -1.83. The normalized spacial score (nSPS) is 10.8. The number of halogens is 4. The van der Waals surface area contributed by atoms with E-state index in [1.54, 1.807) is 0 Å². The molecule has 0 aliphatic carbocycles. The van der Waals surface area contributed by atoms with Gasteiger partial charge in [0.1, 0.15) is 23.9 Å². The van der Waals surface area contributed by atoms with Crippen molar-refractivity contribution in [3.8, 4) is 0 Å². The summed E-state index contributed by atoms with van der Waals surface area (Å²) in [5.74, 6) is -2.84. The van der Waals surface area contributed by atoms with Crippen LogP contribution in [0, 0.1) is 11.6 Å². The van der Waals surface area contributed by atoms with Crippen molar-refractivity contribution >= 4 is 11.6 Å². The highest BCUT2D eigenvalue weighted by Crippen LogP contribution is 2.16. The average Bonchev–Trinajstić information content (AvgIpc) is 2.34. The van der Waals surface area contributed by atoms with Gasteiger partial charge in [-0.3, -0.25) is 4.79 Å². The van der Waals surface area contributed by atoms with Crippen LogP contribution < -0.4 is 11.1 Å². The number of nitrogens with one attached hydrogen (secondary N) is 1. The van der Waals surface area contributed by atoms with Gasteiger partial charge in [0, 0.05) is 12.1 Å². The number of nitrogens with two attached hydrogens (primary N) is 1. The van der Waals surface area contributed by atoms with Gasteiger partial charge in [-0.2, -0.15) is 0 Å². The van der Waals surface area contributed by atoms with Gasteiger partial charge < -0.3 is 15.8 Å². The number of rotatable bonds is 6. The van der Waals surface area contributed by atoms with E-state index in [0.717, 1.165) is 12.1 Å². The SMILES string of the molecule is Nc1c(F)cc(C(=O)NCCOCC(F)F)cc1F. The lowest BCUT2D eigenvalue weighted by Gasteiger charge is -2.07. The molecule has 0 heterocycles. The predicted molar refractivity (Wildman–Crippen MR) is 59.9 cm³/mol. The molecule has 1 aromatic carbocycles. The molecular weight excluding hydrogens is 268 g/mol. The van der Waals surface area contributed by atoms with Crippen LogP contribution in [0.2, 0.25) is 0 Å². The number of ether oxygens (including phenoxy) is 1. The maximum atomic E-state index is 13.1. The number of carbonyl (C=O) groups is 1. The highest BCUT2D eigenvalue weighted by Gasteiger charge is 2.12. The van der Waals surface area contributed by atoms with Crippen molar-refractivity contribution in [3.05, 3.63) is 29.3 Å². The van der Waals surface area contributed by atoms with E-state index in [4.69, 9.17) is 5.73 Å². The minimum Gasteiger partial charge on any atom is -0.394 e. The third kappa shape index (κ3) is 4.74. The van der Waals surface area contributed by atoms with Gasteiger partial charge >= 0.3 is 0 Å². The van der Waals surface area contributed by atoms with E-state index in [0.29, 0.717) is 0 Å². The Morgan fingerprint density at radius 2 is 1.89 bits per heavy atom. The van der Waals surface area contributed by atoms with Crippen LogP contribution >= 0.6 is 0 Å². The number of anilines is 1. The molecule has 0 aliphatic rings. The molecule has 4 nitrogen and oxygen atoms in total. The van der Waals surface area contributed by atoms with E-state index in [1.165, 1.54) is 0 Å². The fourth-order valence-corrected chi connectivity index (χ4v) is 1.23. The summed E-state index contributed by atoms with van der Waals surface area (Å²) in [7, 11) is 0. The Bertz CT molecular complexity index is 431. The van der Waals surface area contributed by atoms with Crippen LogP contribution in [0.5, 0.6) is 0 Å². The largest absolute Gasteiger partial charge is 0.394 e. The first-order valence-corrected chi connectivity index (χ1v) is 5.30. The second-order valence-electron chi connectivity index (χ2n) is 3.58. The summed E-state index contributed by atoms with van der Waals surface area (Å²) < 4.78 is 54.1. The Balaban J connectivity index is 2.46. The zero-order valence-electron chi connectivity index (χ0n) is 9.76. The van der Waals surface area contributed by atoms with E-state index < -0.39 is 36.3 Å². The minimum atomic E-state index is -2.59. The van der Waals surface area contributed by atoms with Crippen molar-refractivity contribution in [1.82, 2.24) is 5.32 Å². The minimum absolute atomic E-state index is 0.0564. The van der Waals surface area contributed by atoms with Crippen molar-refractivity contribution < 1.29 is 27.1 Å². The highest BCUT2D eigenvalue weighted by atomic mass is 19.3. The molecule has 0 spiro atoms. The number of hydrogen-bond acceptors (Lipinski definition) is 3. The van der Waals surface area contributed by atoms with Crippen molar-refractivity contribution in [2.24, 2.45) is 0 Å². The fourth-order valence-electron chi connectivity index (χ4n) is 1.23. The third-order valence-corrected chi connectivity index (χ3v) is 2.12. The number of carbonyl (C=O) groups excluding carboxylic acids is 1. The lowest BCUT2D eigenvalue weighted by molar-refractivity contribution is 0.0188. The Kier molecular flexibility index (Phi) is 5.56. The number of benzene rings is 1. The summed E-state index contributed by atoms with van der Waals surface area (Å²) >= 11 is 0. The van der Waals surface area contributed by atoms with Gasteiger partial charge in [-0.1, -0.05) is 0 Å². The standard InChI is InChI=1S/C11H12F4N2O2/c12-7-3-6(4-8(13)10(7)16)11(18)17-1-2-19-5-9(14)15/h3-4,9H,1-2,5,16H2,(H,17,18). The Morgan fingerprint density at radius 1 is 1.32 bits per heavy atom. The van der Waals surface area contributed by atoms with Crippen LogP contribution in [0.15, 0.2) is 12.1 Å². The highest BCUT2D eigenvalue weighted by molar-refractivity contribution is 5.94. The van der Waals surface area contributed by atoms with Crippen molar-refractivity contribution in [2.75, 3.05) is 25.5 Å². The number of alkyl halides is 2. The Morgan fingerprint density at radius 3 is 2.42 bits per heavy atom. The molecule has 8 heteroatoms. The molecule has 0 saturated carbocycles. The average molecular weight is 280 g/mol. The van der Waals surface area contributed by atoms with Gasteiger partial charge in [-0.05, 0) is 12.1 Å². The molecule has 0 bridgehead atoms. The number of nitrogen functional groups attached to an aromatic ring is 1. The maximum absolute atomic E-state index is 13.1. The summed E-state index contributed by atoms with van der Waals surface area (Å²) in [5.41, 5.74) is 4.12. The van der Waals surface area contributed by atoms with Crippen molar-refractivity contribution in [3.63, 3.8) is 0 Å². The van der Waals surface area contributed by atoms with Gasteiger partial charge in [0.2, 0.25) is 0 Å². The summed E-state index contributed by atoms with van der Waals surface area (Å²) in [6, 6.07) is 1.57. The van der Waals surface area contributed by atoms with E-state index >= 15 is 0 Å². The molecule has 106 valence electrons. The summed E-state index contributed by atoms with van der Waals surface area (Å²) in [4.78, 5) is 11.5. The summed E-state index contributed by atoms with van der Waals surface area (Å²) in [6.07, 6.45) is -2.59. The molecule has 0 radical (unpaired) electrons. The second kappa shape index (κ2) is 6.93. The number of hydrogen-bond donors (Lipinski definition) is 2. The van der Waals surface area contributed by atoms with Crippen LogP contribution in [0.4, 0.5) is 23.2 Å². The molecule has 0 fully saturated rings. The topological polar surface area (TPSA) is 64.4 Å². The number of amides is 1. The quantitative estimate of drug-likeness (QED) is 0.472. The molecule has 0 aromatic heterocycles. The van der Waals surface area contributed by atoms with Crippen LogP contribution in [0.3, 0.4) is 0 Å². The van der Waals surface area contributed by atoms with E-state index in [1.807, 2.05) is 0 Å². The van der Waals surface area contributed by atoms with Crippen molar-refractivity contribution in [1.29, 1.82) is 0 Å². The smallest absolute Gasteiger partial charge is 0.261 e. The van der Waals surface area contributed by atoms with Crippen LogP contribution in [-0.4, -0.2) is 32.1 Å². The van der Waals surface area contributed by atoms with Crippen LogP contribution in [0.1, 0.15) is 10.4 Å². The second-order valence-corrected chi connectivity index (χ2v) is 3.58. The van der Waals surface area contributed by atoms with Gasteiger partial charge in [0.25, 0.3) is 12.3 Å². The van der Waals surface area contributed by atoms with Crippen molar-refractivity contribution in [2.45, 2.75) is 6.43 Å². The summed E-state index contributed by atoms with van der Waals surface area (Å²) in [6.45, 7) is -0.920. The first kappa shape index (κ1) is 15.2.